The number of benzene rings is 1. The smallest absolute Gasteiger partial charge is 0.251 e. The lowest BCUT2D eigenvalue weighted by Crippen LogP contribution is -2.22. The van der Waals surface area contributed by atoms with E-state index in [1.807, 2.05) is 31.2 Å². The van der Waals surface area contributed by atoms with Gasteiger partial charge in [0.2, 0.25) is 0 Å². The molecule has 0 atom stereocenters. The molecule has 0 aliphatic heterocycles. The van der Waals surface area contributed by atoms with Crippen LogP contribution in [0.4, 0.5) is 0 Å². The molecule has 1 saturated carbocycles. The molecule has 112 valence electrons. The summed E-state index contributed by atoms with van der Waals surface area (Å²) in [6.45, 7) is 2.34. The van der Waals surface area contributed by atoms with Gasteiger partial charge in [-0.2, -0.15) is 0 Å². The SMILES string of the molecule is Cc1nc2cc(C(=O)NCc3cc(C4CC4)on3)ccc2s1. The number of hydrogen-bond acceptors (Lipinski definition) is 5. The van der Waals surface area contributed by atoms with Gasteiger partial charge < -0.3 is 9.84 Å². The number of aryl methyl sites for hydroxylation is 1. The summed E-state index contributed by atoms with van der Waals surface area (Å²) in [6, 6.07) is 7.53. The molecule has 22 heavy (non-hydrogen) atoms. The van der Waals surface area contributed by atoms with Gasteiger partial charge in [-0.3, -0.25) is 4.79 Å². The molecule has 3 aromatic rings. The highest BCUT2D eigenvalue weighted by atomic mass is 32.1. The number of nitrogens with zero attached hydrogens (tertiary/aromatic N) is 2. The molecule has 1 fully saturated rings. The molecule has 0 bridgehead atoms. The third-order valence-electron chi connectivity index (χ3n) is 3.74. The van der Waals surface area contributed by atoms with Gasteiger partial charge >= 0.3 is 0 Å². The molecule has 5 nitrogen and oxygen atoms in total. The second-order valence-electron chi connectivity index (χ2n) is 5.59. The molecule has 0 spiro atoms. The van der Waals surface area contributed by atoms with Gasteiger partial charge in [0, 0.05) is 17.5 Å². The first-order chi connectivity index (χ1) is 10.7. The summed E-state index contributed by atoms with van der Waals surface area (Å²) in [5, 5.41) is 7.87. The van der Waals surface area contributed by atoms with Gasteiger partial charge in [-0.25, -0.2) is 4.98 Å². The minimum atomic E-state index is -0.122. The average Bonchev–Trinajstić information content (AvgIpc) is 3.13. The van der Waals surface area contributed by atoms with Crippen LogP contribution in [0, 0.1) is 6.92 Å². The summed E-state index contributed by atoms with van der Waals surface area (Å²) in [4.78, 5) is 16.6. The lowest BCUT2D eigenvalue weighted by molar-refractivity contribution is 0.0950. The summed E-state index contributed by atoms with van der Waals surface area (Å²) in [5.41, 5.74) is 2.25. The molecule has 1 aliphatic rings. The van der Waals surface area contributed by atoms with E-state index in [0.29, 0.717) is 18.0 Å². The number of thiazole rings is 1. The van der Waals surface area contributed by atoms with Crippen LogP contribution in [0.25, 0.3) is 10.2 Å². The van der Waals surface area contributed by atoms with Crippen molar-refractivity contribution < 1.29 is 9.32 Å². The molecule has 1 amide bonds. The molecular weight excluding hydrogens is 298 g/mol. The van der Waals surface area contributed by atoms with Crippen LogP contribution >= 0.6 is 11.3 Å². The summed E-state index contributed by atoms with van der Waals surface area (Å²) in [7, 11) is 0. The summed E-state index contributed by atoms with van der Waals surface area (Å²) in [5.74, 6) is 1.35. The Morgan fingerprint density at radius 3 is 3.09 bits per heavy atom. The lowest BCUT2D eigenvalue weighted by atomic mass is 10.2. The zero-order chi connectivity index (χ0) is 15.1. The van der Waals surface area contributed by atoms with Crippen LogP contribution in [0.2, 0.25) is 0 Å². The van der Waals surface area contributed by atoms with E-state index in [1.165, 1.54) is 12.8 Å². The van der Waals surface area contributed by atoms with Crippen molar-refractivity contribution in [1.82, 2.24) is 15.5 Å². The fourth-order valence-electron chi connectivity index (χ4n) is 2.43. The number of rotatable bonds is 4. The van der Waals surface area contributed by atoms with Gasteiger partial charge in [0.1, 0.15) is 11.5 Å². The van der Waals surface area contributed by atoms with Crippen LogP contribution in [0.5, 0.6) is 0 Å². The largest absolute Gasteiger partial charge is 0.361 e. The predicted molar refractivity (Wildman–Crippen MR) is 84.0 cm³/mol. The topological polar surface area (TPSA) is 68.0 Å². The van der Waals surface area contributed by atoms with Gasteiger partial charge in [-0.05, 0) is 38.0 Å². The fraction of sp³-hybridized carbons (Fsp3) is 0.312. The van der Waals surface area contributed by atoms with E-state index in [9.17, 15) is 4.79 Å². The third kappa shape index (κ3) is 2.62. The highest BCUT2D eigenvalue weighted by Crippen LogP contribution is 2.40. The highest BCUT2D eigenvalue weighted by molar-refractivity contribution is 7.18. The van der Waals surface area contributed by atoms with Crippen LogP contribution in [-0.2, 0) is 6.54 Å². The molecule has 0 unspecified atom stereocenters. The molecule has 4 rings (SSSR count). The normalized spacial score (nSPS) is 14.4. The summed E-state index contributed by atoms with van der Waals surface area (Å²) >= 11 is 1.63. The third-order valence-corrected chi connectivity index (χ3v) is 4.70. The van der Waals surface area contributed by atoms with E-state index in [-0.39, 0.29) is 5.91 Å². The molecule has 1 aromatic carbocycles. The maximum absolute atomic E-state index is 12.2. The van der Waals surface area contributed by atoms with Gasteiger partial charge in [0.25, 0.3) is 5.91 Å². The molecule has 1 N–H and O–H groups in total. The minimum Gasteiger partial charge on any atom is -0.361 e. The number of hydrogen-bond donors (Lipinski definition) is 1. The van der Waals surface area contributed by atoms with Crippen molar-refractivity contribution >= 4 is 27.5 Å². The van der Waals surface area contributed by atoms with Crippen molar-refractivity contribution in [3.63, 3.8) is 0 Å². The van der Waals surface area contributed by atoms with Gasteiger partial charge in [0.15, 0.2) is 0 Å². The monoisotopic (exact) mass is 313 g/mol. The average molecular weight is 313 g/mol. The Labute approximate surface area is 131 Å². The maximum Gasteiger partial charge on any atom is 0.251 e. The number of fused-ring (bicyclic) bond motifs is 1. The fourth-order valence-corrected chi connectivity index (χ4v) is 3.24. The standard InChI is InChI=1S/C16H15N3O2S/c1-9-18-13-6-11(4-5-15(13)22-9)16(20)17-8-12-7-14(21-19-12)10-2-3-10/h4-7,10H,2-3,8H2,1H3,(H,17,20). The Bertz CT molecular complexity index is 848. The molecule has 2 heterocycles. The minimum absolute atomic E-state index is 0.122. The van der Waals surface area contributed by atoms with Crippen LogP contribution in [0.3, 0.4) is 0 Å². The quantitative estimate of drug-likeness (QED) is 0.801. The Morgan fingerprint density at radius 2 is 2.27 bits per heavy atom. The number of carbonyl (C=O) groups excluding carboxylic acids is 1. The van der Waals surface area contributed by atoms with E-state index in [2.05, 4.69) is 15.5 Å². The number of nitrogens with one attached hydrogen (secondary N) is 1. The van der Waals surface area contributed by atoms with Crippen molar-refractivity contribution in [2.45, 2.75) is 32.2 Å². The number of aromatic nitrogens is 2. The first-order valence-electron chi connectivity index (χ1n) is 7.30. The Kier molecular flexibility index (Phi) is 3.18. The molecule has 0 radical (unpaired) electrons. The van der Waals surface area contributed by atoms with Gasteiger partial charge in [0.05, 0.1) is 21.8 Å². The van der Waals surface area contributed by atoms with Crippen molar-refractivity contribution in [2.24, 2.45) is 0 Å². The Hall–Kier alpha value is -2.21. The molecular formula is C16H15N3O2S. The number of amides is 1. The maximum atomic E-state index is 12.2. The van der Waals surface area contributed by atoms with Crippen LogP contribution in [0.15, 0.2) is 28.8 Å². The molecule has 1 aliphatic carbocycles. The van der Waals surface area contributed by atoms with Gasteiger partial charge in [-0.15, -0.1) is 11.3 Å². The molecule has 2 aromatic heterocycles. The number of carbonyl (C=O) groups is 1. The first-order valence-corrected chi connectivity index (χ1v) is 8.11. The van der Waals surface area contributed by atoms with E-state index in [1.54, 1.807) is 11.3 Å². The zero-order valence-corrected chi connectivity index (χ0v) is 12.9. The van der Waals surface area contributed by atoms with Crippen LogP contribution < -0.4 is 5.32 Å². The summed E-state index contributed by atoms with van der Waals surface area (Å²) < 4.78 is 6.37. The Morgan fingerprint density at radius 1 is 1.41 bits per heavy atom. The van der Waals surface area contributed by atoms with E-state index in [0.717, 1.165) is 26.7 Å². The summed E-state index contributed by atoms with van der Waals surface area (Å²) in [6.07, 6.45) is 2.35. The second-order valence-corrected chi connectivity index (χ2v) is 6.83. The zero-order valence-electron chi connectivity index (χ0n) is 12.1. The van der Waals surface area contributed by atoms with Crippen molar-refractivity contribution in [3.05, 3.63) is 46.3 Å². The van der Waals surface area contributed by atoms with Crippen molar-refractivity contribution in [1.29, 1.82) is 0 Å². The molecule has 0 saturated heterocycles. The molecule has 6 heteroatoms. The van der Waals surface area contributed by atoms with E-state index < -0.39 is 0 Å². The highest BCUT2D eigenvalue weighted by Gasteiger charge is 2.27. The van der Waals surface area contributed by atoms with Crippen molar-refractivity contribution in [2.75, 3.05) is 0 Å². The van der Waals surface area contributed by atoms with E-state index in [4.69, 9.17) is 4.52 Å². The van der Waals surface area contributed by atoms with Crippen molar-refractivity contribution in [3.8, 4) is 0 Å². The second kappa shape index (κ2) is 5.21. The lowest BCUT2D eigenvalue weighted by Gasteiger charge is -2.02. The first kappa shape index (κ1) is 13.5. The van der Waals surface area contributed by atoms with Gasteiger partial charge in [-0.1, -0.05) is 5.16 Å². The predicted octanol–water partition coefficient (Wildman–Crippen LogP) is 3.40. The van der Waals surface area contributed by atoms with E-state index >= 15 is 0 Å². The van der Waals surface area contributed by atoms with Crippen LogP contribution in [-0.4, -0.2) is 16.0 Å². The Balaban J connectivity index is 1.45. The van der Waals surface area contributed by atoms with Crippen LogP contribution in [0.1, 0.15) is 45.6 Å².